The molecule has 4 rings (SSSR count). The molecule has 7 heteroatoms. The lowest BCUT2D eigenvalue weighted by atomic mass is 10.1. The SMILES string of the molecule is Cc1ccc(C)c(N2C(=NC(=O)Cc3ccccc3)SC3CS(=O)(=O)CC32)c1. The number of benzene rings is 2. The number of fused-ring (bicyclic) bond motifs is 1. The molecule has 0 aliphatic carbocycles. The first-order valence-electron chi connectivity index (χ1n) is 9.21. The molecule has 0 N–H and O–H groups in total. The number of hydrogen-bond donors (Lipinski definition) is 0. The number of amides is 1. The molecule has 5 nitrogen and oxygen atoms in total. The normalized spacial score (nSPS) is 24.5. The van der Waals surface area contributed by atoms with Crippen LogP contribution in [0.4, 0.5) is 5.69 Å². The first-order valence-corrected chi connectivity index (χ1v) is 11.9. The minimum Gasteiger partial charge on any atom is -0.315 e. The van der Waals surface area contributed by atoms with Crippen molar-refractivity contribution in [3.63, 3.8) is 0 Å². The number of sulfone groups is 1. The van der Waals surface area contributed by atoms with E-state index in [4.69, 9.17) is 0 Å². The molecule has 2 aromatic carbocycles. The fourth-order valence-electron chi connectivity index (χ4n) is 3.74. The average molecular weight is 415 g/mol. The van der Waals surface area contributed by atoms with Crippen LogP contribution in [0.2, 0.25) is 0 Å². The maximum absolute atomic E-state index is 12.6. The number of anilines is 1. The van der Waals surface area contributed by atoms with Gasteiger partial charge in [0, 0.05) is 10.9 Å². The van der Waals surface area contributed by atoms with Crippen LogP contribution >= 0.6 is 11.8 Å². The Morgan fingerprint density at radius 3 is 2.64 bits per heavy atom. The highest BCUT2D eigenvalue weighted by Gasteiger charge is 2.49. The molecule has 0 saturated carbocycles. The Bertz CT molecular complexity index is 1050. The molecule has 2 fully saturated rings. The molecule has 2 aromatic rings. The average Bonchev–Trinajstić information content (AvgIpc) is 3.09. The second-order valence-corrected chi connectivity index (χ2v) is 10.8. The minimum atomic E-state index is -3.07. The summed E-state index contributed by atoms with van der Waals surface area (Å²) in [5, 5.41) is 0.521. The van der Waals surface area contributed by atoms with Crippen LogP contribution in [0.25, 0.3) is 0 Å². The van der Waals surface area contributed by atoms with Gasteiger partial charge in [-0.1, -0.05) is 54.2 Å². The van der Waals surface area contributed by atoms with Crippen molar-refractivity contribution in [2.45, 2.75) is 31.6 Å². The molecule has 146 valence electrons. The Morgan fingerprint density at radius 1 is 1.14 bits per heavy atom. The molecule has 2 aliphatic rings. The Hall–Kier alpha value is -2.12. The molecule has 1 amide bonds. The van der Waals surface area contributed by atoms with E-state index in [9.17, 15) is 13.2 Å². The second kappa shape index (κ2) is 7.37. The first-order chi connectivity index (χ1) is 13.3. The quantitative estimate of drug-likeness (QED) is 0.772. The maximum atomic E-state index is 12.6. The number of carbonyl (C=O) groups is 1. The van der Waals surface area contributed by atoms with E-state index in [1.54, 1.807) is 0 Å². The van der Waals surface area contributed by atoms with Gasteiger partial charge >= 0.3 is 0 Å². The van der Waals surface area contributed by atoms with Gasteiger partial charge in [0.05, 0.1) is 24.0 Å². The molecule has 0 spiro atoms. The molecule has 0 bridgehead atoms. The first kappa shape index (κ1) is 19.2. The van der Waals surface area contributed by atoms with Crippen molar-refractivity contribution in [2.75, 3.05) is 16.4 Å². The van der Waals surface area contributed by atoms with Crippen LogP contribution in [0.15, 0.2) is 53.5 Å². The Kier molecular flexibility index (Phi) is 5.05. The molecule has 2 saturated heterocycles. The minimum absolute atomic E-state index is 0.0896. The summed E-state index contributed by atoms with van der Waals surface area (Å²) in [5.74, 6) is 0.0198. The van der Waals surface area contributed by atoms with Crippen LogP contribution in [-0.2, 0) is 21.1 Å². The summed E-state index contributed by atoms with van der Waals surface area (Å²) in [6.07, 6.45) is 0.235. The Balaban J connectivity index is 1.69. The molecular weight excluding hydrogens is 392 g/mol. The van der Waals surface area contributed by atoms with Gasteiger partial charge in [0.2, 0.25) is 0 Å². The van der Waals surface area contributed by atoms with Crippen molar-refractivity contribution in [1.82, 2.24) is 0 Å². The monoisotopic (exact) mass is 414 g/mol. The van der Waals surface area contributed by atoms with Crippen LogP contribution in [0.1, 0.15) is 16.7 Å². The maximum Gasteiger partial charge on any atom is 0.252 e. The molecule has 0 radical (unpaired) electrons. The number of thioether (sulfide) groups is 1. The number of rotatable bonds is 3. The summed E-state index contributed by atoms with van der Waals surface area (Å²) in [4.78, 5) is 19.0. The van der Waals surface area contributed by atoms with Crippen LogP contribution in [0.3, 0.4) is 0 Å². The number of aryl methyl sites for hydroxylation is 2. The molecular formula is C21H22N2O3S2. The van der Waals surface area contributed by atoms with Crippen molar-refractivity contribution in [1.29, 1.82) is 0 Å². The number of aliphatic imine (C=N–C) groups is 1. The molecule has 0 aromatic heterocycles. The highest BCUT2D eigenvalue weighted by Crippen LogP contribution is 2.42. The molecule has 2 aliphatic heterocycles. The zero-order valence-corrected chi connectivity index (χ0v) is 17.5. The van der Waals surface area contributed by atoms with Crippen molar-refractivity contribution in [3.8, 4) is 0 Å². The van der Waals surface area contributed by atoms with Gasteiger partial charge in [-0.05, 0) is 36.6 Å². The zero-order valence-electron chi connectivity index (χ0n) is 15.8. The van der Waals surface area contributed by atoms with E-state index in [0.29, 0.717) is 5.17 Å². The largest absolute Gasteiger partial charge is 0.315 e. The highest BCUT2D eigenvalue weighted by molar-refractivity contribution is 8.16. The van der Waals surface area contributed by atoms with Crippen LogP contribution in [0, 0.1) is 13.8 Å². The summed E-state index contributed by atoms with van der Waals surface area (Å²) in [7, 11) is -3.07. The smallest absolute Gasteiger partial charge is 0.252 e. The van der Waals surface area contributed by atoms with E-state index in [0.717, 1.165) is 22.4 Å². The fraction of sp³-hybridized carbons (Fsp3) is 0.333. The molecule has 2 atom stereocenters. The lowest BCUT2D eigenvalue weighted by Gasteiger charge is -2.26. The van der Waals surface area contributed by atoms with Gasteiger partial charge in [-0.25, -0.2) is 8.42 Å². The summed E-state index contributed by atoms with van der Waals surface area (Å²) >= 11 is 1.42. The fourth-order valence-corrected chi connectivity index (χ4v) is 7.67. The van der Waals surface area contributed by atoms with E-state index in [1.165, 1.54) is 11.8 Å². The van der Waals surface area contributed by atoms with E-state index in [2.05, 4.69) is 4.99 Å². The van der Waals surface area contributed by atoms with E-state index in [1.807, 2.05) is 67.3 Å². The Morgan fingerprint density at radius 2 is 1.89 bits per heavy atom. The topological polar surface area (TPSA) is 66.8 Å². The number of carbonyl (C=O) groups excluding carboxylic acids is 1. The third kappa shape index (κ3) is 3.86. The predicted molar refractivity (Wildman–Crippen MR) is 115 cm³/mol. The van der Waals surface area contributed by atoms with Gasteiger partial charge in [-0.3, -0.25) is 4.79 Å². The predicted octanol–water partition coefficient (Wildman–Crippen LogP) is 3.15. The lowest BCUT2D eigenvalue weighted by molar-refractivity contribution is -0.117. The summed E-state index contributed by atoms with van der Waals surface area (Å²) in [5.41, 5.74) is 3.98. The van der Waals surface area contributed by atoms with E-state index < -0.39 is 9.84 Å². The van der Waals surface area contributed by atoms with Gasteiger partial charge in [0.1, 0.15) is 0 Å². The molecule has 2 heterocycles. The van der Waals surface area contributed by atoms with Crippen LogP contribution in [0.5, 0.6) is 0 Å². The van der Waals surface area contributed by atoms with Gasteiger partial charge in [-0.2, -0.15) is 4.99 Å². The number of amidine groups is 1. The highest BCUT2D eigenvalue weighted by atomic mass is 32.2. The second-order valence-electron chi connectivity index (χ2n) is 7.41. The van der Waals surface area contributed by atoms with E-state index >= 15 is 0 Å². The summed E-state index contributed by atoms with van der Waals surface area (Å²) in [6.45, 7) is 4.01. The lowest BCUT2D eigenvalue weighted by Crippen LogP contribution is -2.38. The van der Waals surface area contributed by atoms with Gasteiger partial charge in [-0.15, -0.1) is 0 Å². The van der Waals surface area contributed by atoms with Crippen LogP contribution in [-0.4, -0.2) is 42.3 Å². The van der Waals surface area contributed by atoms with Gasteiger partial charge < -0.3 is 4.90 Å². The number of nitrogens with zero attached hydrogens (tertiary/aromatic N) is 2. The van der Waals surface area contributed by atoms with E-state index in [-0.39, 0.29) is 35.1 Å². The van der Waals surface area contributed by atoms with Crippen molar-refractivity contribution in [2.24, 2.45) is 4.99 Å². The van der Waals surface area contributed by atoms with Crippen molar-refractivity contribution >= 4 is 38.4 Å². The Labute approximate surface area is 169 Å². The van der Waals surface area contributed by atoms with Gasteiger partial charge in [0.15, 0.2) is 15.0 Å². The standard InChI is InChI=1S/C21H22N2O3S2/c1-14-8-9-15(2)17(10-14)23-18-12-28(25,26)13-19(18)27-21(23)22-20(24)11-16-6-4-3-5-7-16/h3-10,18-19H,11-13H2,1-2H3. The molecule has 28 heavy (non-hydrogen) atoms. The van der Waals surface area contributed by atoms with Crippen molar-refractivity contribution in [3.05, 3.63) is 65.2 Å². The zero-order chi connectivity index (χ0) is 19.9. The van der Waals surface area contributed by atoms with Crippen molar-refractivity contribution < 1.29 is 13.2 Å². The van der Waals surface area contributed by atoms with Crippen LogP contribution < -0.4 is 4.90 Å². The summed E-state index contributed by atoms with van der Waals surface area (Å²) in [6, 6.07) is 15.4. The summed E-state index contributed by atoms with van der Waals surface area (Å²) < 4.78 is 24.4. The third-order valence-electron chi connectivity index (χ3n) is 5.11. The number of hydrogen-bond acceptors (Lipinski definition) is 4. The van der Waals surface area contributed by atoms with Gasteiger partial charge in [0.25, 0.3) is 5.91 Å². The molecule has 2 unspecified atom stereocenters. The third-order valence-corrected chi connectivity index (χ3v) is 8.32.